The fourth-order valence-electron chi connectivity index (χ4n) is 2.63. The van der Waals surface area contributed by atoms with E-state index in [-0.39, 0.29) is 17.2 Å². The predicted octanol–water partition coefficient (Wildman–Crippen LogP) is 1.71. The van der Waals surface area contributed by atoms with Crippen molar-refractivity contribution < 1.29 is 0 Å². The Balaban J connectivity index is 2.33. The molecule has 0 saturated heterocycles. The van der Waals surface area contributed by atoms with Gasteiger partial charge in [-0.15, -0.1) is 0 Å². The number of nitrogens with zero attached hydrogens (tertiary/aromatic N) is 3. The van der Waals surface area contributed by atoms with Crippen LogP contribution < -0.4 is 5.56 Å². The van der Waals surface area contributed by atoms with Gasteiger partial charge < -0.3 is 0 Å². The molecule has 0 spiro atoms. The van der Waals surface area contributed by atoms with Crippen LogP contribution in [0.4, 0.5) is 0 Å². The predicted molar refractivity (Wildman–Crippen MR) is 62.6 cm³/mol. The monoisotopic (exact) mass is 228 g/mol. The molecule has 0 radical (unpaired) electrons. The van der Waals surface area contributed by atoms with Crippen molar-refractivity contribution in [2.24, 2.45) is 0 Å². The van der Waals surface area contributed by atoms with E-state index in [1.165, 1.54) is 0 Å². The number of nitrogens with one attached hydrogen (secondary N) is 1. The van der Waals surface area contributed by atoms with Gasteiger partial charge in [-0.2, -0.15) is 10.4 Å². The number of fused-ring (bicyclic) bond motifs is 1. The van der Waals surface area contributed by atoms with Gasteiger partial charge in [0.15, 0.2) is 0 Å². The van der Waals surface area contributed by atoms with Crippen LogP contribution in [0.3, 0.4) is 0 Å². The lowest BCUT2D eigenvalue weighted by molar-refractivity contribution is 0.515. The molecule has 0 aliphatic heterocycles. The minimum absolute atomic E-state index is 0.198. The van der Waals surface area contributed by atoms with Crippen molar-refractivity contribution in [2.75, 3.05) is 0 Å². The van der Waals surface area contributed by atoms with E-state index >= 15 is 0 Å². The van der Waals surface area contributed by atoms with Gasteiger partial charge in [0.2, 0.25) is 0 Å². The van der Waals surface area contributed by atoms with E-state index in [9.17, 15) is 4.79 Å². The fraction of sp³-hybridized carbons (Fsp3) is 0.417. The van der Waals surface area contributed by atoms with Gasteiger partial charge in [0.1, 0.15) is 17.3 Å². The van der Waals surface area contributed by atoms with Crippen LogP contribution in [0.5, 0.6) is 0 Å². The molecule has 5 nitrogen and oxygen atoms in total. The molecule has 2 heterocycles. The zero-order chi connectivity index (χ0) is 11.8. The molecular weight excluding hydrogens is 216 g/mol. The van der Waals surface area contributed by atoms with E-state index in [0.29, 0.717) is 0 Å². The smallest absolute Gasteiger partial charge is 0.270 e. The van der Waals surface area contributed by atoms with Crippen molar-refractivity contribution in [3.05, 3.63) is 28.2 Å². The van der Waals surface area contributed by atoms with Gasteiger partial charge in [-0.25, -0.2) is 0 Å². The number of aromatic nitrogens is 3. The van der Waals surface area contributed by atoms with E-state index in [4.69, 9.17) is 5.26 Å². The van der Waals surface area contributed by atoms with Crippen molar-refractivity contribution in [3.63, 3.8) is 0 Å². The summed E-state index contributed by atoms with van der Waals surface area (Å²) in [5.74, 6) is 0. The summed E-state index contributed by atoms with van der Waals surface area (Å²) >= 11 is 0. The van der Waals surface area contributed by atoms with Crippen LogP contribution in [0.25, 0.3) is 11.0 Å². The second-order valence-electron chi connectivity index (χ2n) is 4.46. The molecule has 0 bridgehead atoms. The second-order valence-corrected chi connectivity index (χ2v) is 4.46. The first kappa shape index (κ1) is 10.1. The summed E-state index contributed by atoms with van der Waals surface area (Å²) in [4.78, 5) is 12.2. The van der Waals surface area contributed by atoms with E-state index in [1.807, 2.05) is 6.07 Å². The summed E-state index contributed by atoms with van der Waals surface area (Å²) in [6.45, 7) is 0. The van der Waals surface area contributed by atoms with E-state index in [0.717, 1.165) is 36.7 Å². The molecule has 86 valence electrons. The molecule has 1 aliphatic carbocycles. The maximum Gasteiger partial charge on any atom is 0.270 e. The Morgan fingerprint density at radius 1 is 1.47 bits per heavy atom. The normalized spacial score (nSPS) is 16.4. The molecule has 0 unspecified atom stereocenters. The SMILES string of the molecule is N#Cc1cc2cn[nH]c2n(C2CCCC2)c1=O. The van der Waals surface area contributed by atoms with Crippen LogP contribution in [-0.4, -0.2) is 14.8 Å². The first-order valence-electron chi connectivity index (χ1n) is 5.80. The summed E-state index contributed by atoms with van der Waals surface area (Å²) in [7, 11) is 0. The average molecular weight is 228 g/mol. The number of hydrogen-bond acceptors (Lipinski definition) is 3. The first-order valence-corrected chi connectivity index (χ1v) is 5.80. The lowest BCUT2D eigenvalue weighted by atomic mass is 10.2. The number of H-pyrrole nitrogens is 1. The highest BCUT2D eigenvalue weighted by atomic mass is 16.1. The lowest BCUT2D eigenvalue weighted by Gasteiger charge is -2.14. The Kier molecular flexibility index (Phi) is 2.22. The van der Waals surface area contributed by atoms with Crippen LogP contribution in [0, 0.1) is 11.3 Å². The summed E-state index contributed by atoms with van der Waals surface area (Å²) in [6.07, 6.45) is 5.94. The average Bonchev–Trinajstić information content (AvgIpc) is 2.97. The van der Waals surface area contributed by atoms with Gasteiger partial charge in [-0.05, 0) is 18.9 Å². The van der Waals surface area contributed by atoms with E-state index in [1.54, 1.807) is 16.8 Å². The molecule has 2 aromatic heterocycles. The number of aromatic amines is 1. The zero-order valence-corrected chi connectivity index (χ0v) is 9.31. The minimum Gasteiger partial charge on any atom is -0.289 e. The minimum atomic E-state index is -0.198. The van der Waals surface area contributed by atoms with Gasteiger partial charge >= 0.3 is 0 Å². The summed E-state index contributed by atoms with van der Waals surface area (Å²) in [5, 5.41) is 16.6. The summed E-state index contributed by atoms with van der Waals surface area (Å²) in [6, 6.07) is 3.78. The second kappa shape index (κ2) is 3.74. The highest BCUT2D eigenvalue weighted by molar-refractivity contribution is 5.75. The molecular formula is C12H12N4O. The third-order valence-corrected chi connectivity index (χ3v) is 3.45. The quantitative estimate of drug-likeness (QED) is 0.807. The molecule has 2 aromatic rings. The summed E-state index contributed by atoms with van der Waals surface area (Å²) in [5.41, 5.74) is 0.739. The maximum absolute atomic E-state index is 12.2. The van der Waals surface area contributed by atoms with Gasteiger partial charge in [0, 0.05) is 11.4 Å². The molecule has 17 heavy (non-hydrogen) atoms. The van der Waals surface area contributed by atoms with Crippen LogP contribution >= 0.6 is 0 Å². The first-order chi connectivity index (χ1) is 8.31. The van der Waals surface area contributed by atoms with Crippen molar-refractivity contribution in [2.45, 2.75) is 31.7 Å². The Bertz CT molecular complexity index is 655. The maximum atomic E-state index is 12.2. The highest BCUT2D eigenvalue weighted by Crippen LogP contribution is 2.30. The zero-order valence-electron chi connectivity index (χ0n) is 9.31. The van der Waals surface area contributed by atoms with Gasteiger partial charge in [-0.1, -0.05) is 12.8 Å². The van der Waals surface area contributed by atoms with Crippen LogP contribution in [0.1, 0.15) is 37.3 Å². The molecule has 1 fully saturated rings. The highest BCUT2D eigenvalue weighted by Gasteiger charge is 2.22. The van der Waals surface area contributed by atoms with Crippen molar-refractivity contribution in [1.82, 2.24) is 14.8 Å². The number of nitriles is 1. The Morgan fingerprint density at radius 3 is 2.94 bits per heavy atom. The molecule has 0 aromatic carbocycles. The lowest BCUT2D eigenvalue weighted by Crippen LogP contribution is -2.26. The molecule has 1 N–H and O–H groups in total. The Labute approximate surface area is 97.7 Å². The standard InChI is InChI=1S/C12H12N4O/c13-6-8-5-9-7-14-15-11(9)16(12(8)17)10-3-1-2-4-10/h5,7,10H,1-4H2,(H,14,15). The molecule has 3 rings (SSSR count). The van der Waals surface area contributed by atoms with Crippen molar-refractivity contribution >= 4 is 11.0 Å². The third kappa shape index (κ3) is 1.45. The van der Waals surface area contributed by atoms with Gasteiger partial charge in [0.25, 0.3) is 5.56 Å². The van der Waals surface area contributed by atoms with Crippen LogP contribution in [0.2, 0.25) is 0 Å². The number of hydrogen-bond donors (Lipinski definition) is 1. The largest absolute Gasteiger partial charge is 0.289 e. The Hall–Kier alpha value is -2.09. The topological polar surface area (TPSA) is 74.5 Å². The third-order valence-electron chi connectivity index (χ3n) is 3.45. The molecule has 1 aliphatic rings. The number of pyridine rings is 1. The van der Waals surface area contributed by atoms with Crippen molar-refractivity contribution in [1.29, 1.82) is 5.26 Å². The van der Waals surface area contributed by atoms with Crippen LogP contribution in [0.15, 0.2) is 17.1 Å². The van der Waals surface area contributed by atoms with Crippen molar-refractivity contribution in [3.8, 4) is 6.07 Å². The molecule has 5 heteroatoms. The van der Waals surface area contributed by atoms with Crippen LogP contribution in [-0.2, 0) is 0 Å². The Morgan fingerprint density at radius 2 is 2.24 bits per heavy atom. The summed E-state index contributed by atoms with van der Waals surface area (Å²) < 4.78 is 1.72. The number of rotatable bonds is 1. The van der Waals surface area contributed by atoms with Gasteiger partial charge in [0.05, 0.1) is 6.20 Å². The fourth-order valence-corrected chi connectivity index (χ4v) is 2.63. The molecule has 0 atom stereocenters. The van der Waals surface area contributed by atoms with E-state index in [2.05, 4.69) is 10.2 Å². The molecule has 1 saturated carbocycles. The van der Waals surface area contributed by atoms with E-state index < -0.39 is 0 Å². The van der Waals surface area contributed by atoms with Gasteiger partial charge in [-0.3, -0.25) is 14.5 Å². The molecule has 0 amide bonds.